The van der Waals surface area contributed by atoms with Crippen LogP contribution < -0.4 is 4.74 Å². The molecule has 4 heteroatoms. The molecule has 1 aromatic heterocycles. The second kappa shape index (κ2) is 14.9. The van der Waals surface area contributed by atoms with Gasteiger partial charge in [-0.25, -0.2) is 14.4 Å². The van der Waals surface area contributed by atoms with Crippen LogP contribution in [-0.4, -0.2) is 22.7 Å². The summed E-state index contributed by atoms with van der Waals surface area (Å²) in [6, 6.07) is 7.74. The van der Waals surface area contributed by atoms with Crippen molar-refractivity contribution in [1.82, 2.24) is 9.97 Å². The summed E-state index contributed by atoms with van der Waals surface area (Å²) in [7, 11) is 0. The van der Waals surface area contributed by atoms with Gasteiger partial charge in [0.1, 0.15) is 11.9 Å². The molecule has 0 amide bonds. The van der Waals surface area contributed by atoms with Crippen molar-refractivity contribution < 1.29 is 9.13 Å². The van der Waals surface area contributed by atoms with Crippen LogP contribution in [0.15, 0.2) is 36.7 Å². The number of hydrogen-bond acceptors (Lipinski definition) is 3. The standard InChI is InChI=1S/C26H39FN2O/c1-3-5-7-8-9-10-11-12-22-20-28-26(29-21-22)23-14-16-25(17-15-23)30-19-18-24(27)13-6-4-2/h14-17,20-21,24H,3-13,18-19H2,1-2H3. The minimum Gasteiger partial charge on any atom is -0.493 e. The Hall–Kier alpha value is -1.97. The smallest absolute Gasteiger partial charge is 0.159 e. The Balaban J connectivity index is 1.70. The number of benzene rings is 1. The topological polar surface area (TPSA) is 35.0 Å². The molecule has 1 unspecified atom stereocenters. The predicted octanol–water partition coefficient (Wildman–Crippen LogP) is 7.73. The normalized spacial score (nSPS) is 12.1. The number of ether oxygens (including phenoxy) is 1. The first-order valence-electron chi connectivity index (χ1n) is 11.9. The molecule has 0 saturated heterocycles. The van der Waals surface area contributed by atoms with Crippen LogP contribution in [0.3, 0.4) is 0 Å². The summed E-state index contributed by atoms with van der Waals surface area (Å²) >= 11 is 0. The lowest BCUT2D eigenvalue weighted by Gasteiger charge is -2.10. The van der Waals surface area contributed by atoms with Crippen molar-refractivity contribution >= 4 is 0 Å². The summed E-state index contributed by atoms with van der Waals surface area (Å²) in [6.07, 6.45) is 16.4. The molecule has 1 atom stereocenters. The Morgan fingerprint density at radius 3 is 2.10 bits per heavy atom. The zero-order valence-corrected chi connectivity index (χ0v) is 18.9. The summed E-state index contributed by atoms with van der Waals surface area (Å²) in [6.45, 7) is 4.75. The summed E-state index contributed by atoms with van der Waals surface area (Å²) in [4.78, 5) is 9.06. The van der Waals surface area contributed by atoms with E-state index in [1.807, 2.05) is 36.7 Å². The van der Waals surface area contributed by atoms with E-state index in [1.54, 1.807) is 0 Å². The van der Waals surface area contributed by atoms with Gasteiger partial charge in [0.15, 0.2) is 5.82 Å². The van der Waals surface area contributed by atoms with Crippen molar-refractivity contribution in [3.8, 4) is 17.1 Å². The van der Waals surface area contributed by atoms with E-state index in [0.29, 0.717) is 19.4 Å². The summed E-state index contributed by atoms with van der Waals surface area (Å²) in [5, 5.41) is 0. The highest BCUT2D eigenvalue weighted by Gasteiger charge is 2.07. The molecule has 0 N–H and O–H groups in total. The third kappa shape index (κ3) is 9.69. The van der Waals surface area contributed by atoms with Crippen LogP contribution in [0.1, 0.15) is 90.0 Å². The van der Waals surface area contributed by atoms with E-state index in [1.165, 1.54) is 50.5 Å². The average molecular weight is 415 g/mol. The van der Waals surface area contributed by atoms with Crippen molar-refractivity contribution in [2.24, 2.45) is 0 Å². The van der Waals surface area contributed by atoms with Crippen molar-refractivity contribution in [3.63, 3.8) is 0 Å². The number of aromatic nitrogens is 2. The van der Waals surface area contributed by atoms with E-state index >= 15 is 0 Å². The fraction of sp³-hybridized carbons (Fsp3) is 0.615. The number of aryl methyl sites for hydroxylation is 1. The van der Waals surface area contributed by atoms with Gasteiger partial charge in [-0.3, -0.25) is 0 Å². The number of halogens is 1. The Labute approximate surface area is 182 Å². The highest BCUT2D eigenvalue weighted by atomic mass is 19.1. The molecule has 0 aliphatic heterocycles. The van der Waals surface area contributed by atoms with Gasteiger partial charge in [-0.2, -0.15) is 0 Å². The van der Waals surface area contributed by atoms with E-state index in [-0.39, 0.29) is 0 Å². The maximum absolute atomic E-state index is 13.7. The number of unbranched alkanes of at least 4 members (excludes halogenated alkanes) is 7. The van der Waals surface area contributed by atoms with Crippen LogP contribution in [0.25, 0.3) is 11.4 Å². The lowest BCUT2D eigenvalue weighted by molar-refractivity contribution is 0.223. The third-order valence-corrected chi connectivity index (χ3v) is 5.46. The molecule has 166 valence electrons. The largest absolute Gasteiger partial charge is 0.493 e. The molecule has 0 aliphatic rings. The molecule has 0 radical (unpaired) electrons. The molecule has 0 spiro atoms. The van der Waals surface area contributed by atoms with Crippen LogP contribution in [0.2, 0.25) is 0 Å². The number of alkyl halides is 1. The quantitative estimate of drug-likeness (QED) is 0.264. The van der Waals surface area contributed by atoms with Gasteiger partial charge in [0.25, 0.3) is 0 Å². The zero-order valence-electron chi connectivity index (χ0n) is 18.9. The van der Waals surface area contributed by atoms with E-state index < -0.39 is 6.17 Å². The van der Waals surface area contributed by atoms with Crippen LogP contribution in [0.4, 0.5) is 4.39 Å². The lowest BCUT2D eigenvalue weighted by atomic mass is 10.1. The first-order valence-corrected chi connectivity index (χ1v) is 11.9. The molecule has 0 bridgehead atoms. The maximum atomic E-state index is 13.7. The fourth-order valence-electron chi connectivity index (χ4n) is 3.49. The lowest BCUT2D eigenvalue weighted by Crippen LogP contribution is -2.07. The second-order valence-electron chi connectivity index (χ2n) is 8.19. The Bertz CT molecular complexity index is 672. The minimum absolute atomic E-state index is 0.411. The highest BCUT2D eigenvalue weighted by molar-refractivity contribution is 5.55. The first kappa shape index (κ1) is 24.3. The van der Waals surface area contributed by atoms with Crippen molar-refractivity contribution in [2.75, 3.05) is 6.61 Å². The molecular weight excluding hydrogens is 375 g/mol. The van der Waals surface area contributed by atoms with Gasteiger partial charge in [0.05, 0.1) is 6.61 Å². The van der Waals surface area contributed by atoms with Crippen LogP contribution in [-0.2, 0) is 6.42 Å². The van der Waals surface area contributed by atoms with Gasteiger partial charge in [-0.1, -0.05) is 65.2 Å². The monoisotopic (exact) mass is 414 g/mol. The minimum atomic E-state index is -0.766. The molecule has 2 rings (SSSR count). The fourth-order valence-corrected chi connectivity index (χ4v) is 3.49. The molecule has 1 aromatic carbocycles. The summed E-state index contributed by atoms with van der Waals surface area (Å²) in [5.74, 6) is 1.49. The second-order valence-corrected chi connectivity index (χ2v) is 8.19. The number of nitrogens with zero attached hydrogens (tertiary/aromatic N) is 2. The molecule has 3 nitrogen and oxygen atoms in total. The van der Waals surface area contributed by atoms with Gasteiger partial charge in [-0.15, -0.1) is 0 Å². The van der Waals surface area contributed by atoms with Crippen LogP contribution in [0.5, 0.6) is 5.75 Å². The van der Waals surface area contributed by atoms with Gasteiger partial charge in [-0.05, 0) is 49.1 Å². The summed E-state index contributed by atoms with van der Waals surface area (Å²) in [5.41, 5.74) is 2.17. The molecule has 0 fully saturated rings. The Kier molecular flexibility index (Phi) is 12.1. The van der Waals surface area contributed by atoms with Crippen molar-refractivity contribution in [1.29, 1.82) is 0 Å². The van der Waals surface area contributed by atoms with Crippen LogP contribution in [0, 0.1) is 0 Å². The van der Waals surface area contributed by atoms with Crippen molar-refractivity contribution in [3.05, 3.63) is 42.2 Å². The van der Waals surface area contributed by atoms with Gasteiger partial charge in [0, 0.05) is 24.4 Å². The first-order chi connectivity index (χ1) is 14.7. The predicted molar refractivity (Wildman–Crippen MR) is 124 cm³/mol. The Morgan fingerprint density at radius 2 is 1.43 bits per heavy atom. The Morgan fingerprint density at radius 1 is 0.800 bits per heavy atom. The van der Waals surface area contributed by atoms with E-state index in [2.05, 4.69) is 23.8 Å². The molecule has 30 heavy (non-hydrogen) atoms. The molecule has 1 heterocycles. The zero-order chi connectivity index (χ0) is 21.4. The van der Waals surface area contributed by atoms with E-state index in [0.717, 1.165) is 36.4 Å². The van der Waals surface area contributed by atoms with Gasteiger partial charge in [0.2, 0.25) is 0 Å². The third-order valence-electron chi connectivity index (χ3n) is 5.46. The molecule has 2 aromatic rings. The molecule has 0 aliphatic carbocycles. The molecule has 0 saturated carbocycles. The number of hydrogen-bond donors (Lipinski definition) is 0. The van der Waals surface area contributed by atoms with E-state index in [9.17, 15) is 4.39 Å². The van der Waals surface area contributed by atoms with Crippen molar-refractivity contribution in [2.45, 2.75) is 97.1 Å². The van der Waals surface area contributed by atoms with Gasteiger partial charge >= 0.3 is 0 Å². The average Bonchev–Trinajstić information content (AvgIpc) is 2.78. The van der Waals surface area contributed by atoms with Gasteiger partial charge < -0.3 is 4.74 Å². The molecular formula is C26H39FN2O. The SMILES string of the molecule is CCCCCCCCCc1cnc(-c2ccc(OCCC(F)CCCC)cc2)nc1. The van der Waals surface area contributed by atoms with E-state index in [4.69, 9.17) is 4.74 Å². The highest BCUT2D eigenvalue weighted by Crippen LogP contribution is 2.20. The number of rotatable bonds is 16. The maximum Gasteiger partial charge on any atom is 0.159 e. The van der Waals surface area contributed by atoms with Crippen LogP contribution >= 0.6 is 0 Å². The summed E-state index contributed by atoms with van der Waals surface area (Å²) < 4.78 is 19.3.